The van der Waals surface area contributed by atoms with Gasteiger partial charge >= 0.3 is 18.1 Å². The third-order valence-corrected chi connectivity index (χ3v) is 6.64. The molecule has 0 aliphatic heterocycles. The summed E-state index contributed by atoms with van der Waals surface area (Å²) in [4.78, 5) is 19.2. The van der Waals surface area contributed by atoms with Crippen molar-refractivity contribution in [2.45, 2.75) is 33.0 Å². The van der Waals surface area contributed by atoms with E-state index >= 15 is 0 Å². The summed E-state index contributed by atoms with van der Waals surface area (Å²) in [5, 5.41) is 10.1. The zero-order chi connectivity index (χ0) is 33.3. The standard InChI is InChI=1S/C18H16ClNO5.C16H14ClNO4/c1-11(10-22-12(2)21)23-14-4-6-15(7-5-14)24-18-20-16-8-3-13(19)9-17(16)25-18;1-10(9-19)20-12-3-5-13(6-4-12)21-16-18-14-7-2-11(17)8-15(14)22-16/h3-9,11H,10H2,1-2H3;2-8,10,19H,9H2,1H3. The maximum atomic E-state index is 10.8. The van der Waals surface area contributed by atoms with Gasteiger partial charge in [0.05, 0.1) is 6.61 Å². The largest absolute Gasteiger partial charge is 0.488 e. The molecular formula is C34H30Cl2N2O9. The van der Waals surface area contributed by atoms with Gasteiger partial charge in [0.2, 0.25) is 0 Å². The van der Waals surface area contributed by atoms with Crippen molar-refractivity contribution in [2.24, 2.45) is 0 Å². The number of aliphatic hydroxyl groups excluding tert-OH is 1. The van der Waals surface area contributed by atoms with E-state index in [1.807, 2.05) is 6.92 Å². The van der Waals surface area contributed by atoms with Gasteiger partial charge in [-0.3, -0.25) is 4.79 Å². The van der Waals surface area contributed by atoms with E-state index in [9.17, 15) is 4.79 Å². The molecule has 47 heavy (non-hydrogen) atoms. The summed E-state index contributed by atoms with van der Waals surface area (Å²) in [6, 6.07) is 24.3. The molecule has 244 valence electrons. The van der Waals surface area contributed by atoms with E-state index < -0.39 is 0 Å². The lowest BCUT2D eigenvalue weighted by Gasteiger charge is -2.14. The number of rotatable bonds is 11. The molecule has 0 fully saturated rings. The minimum Gasteiger partial charge on any atom is -0.488 e. The monoisotopic (exact) mass is 680 g/mol. The number of aliphatic hydroxyl groups is 1. The molecule has 0 aliphatic rings. The first-order chi connectivity index (χ1) is 22.6. The molecule has 0 radical (unpaired) electrons. The van der Waals surface area contributed by atoms with Gasteiger partial charge < -0.3 is 37.6 Å². The molecule has 4 aromatic carbocycles. The smallest absolute Gasteiger partial charge is 0.400 e. The highest BCUT2D eigenvalue weighted by Crippen LogP contribution is 2.30. The molecule has 0 saturated heterocycles. The predicted molar refractivity (Wildman–Crippen MR) is 175 cm³/mol. The van der Waals surface area contributed by atoms with E-state index in [4.69, 9.17) is 60.8 Å². The summed E-state index contributed by atoms with van der Waals surface area (Å²) in [6.07, 6.45) is -0.227. The first kappa shape index (κ1) is 33.4. The number of carbonyl (C=O) groups is 1. The van der Waals surface area contributed by atoms with E-state index in [0.717, 1.165) is 0 Å². The van der Waals surface area contributed by atoms with E-state index in [1.54, 1.807) is 91.9 Å². The van der Waals surface area contributed by atoms with Crippen LogP contribution in [-0.4, -0.2) is 46.5 Å². The lowest BCUT2D eigenvalue weighted by molar-refractivity contribution is -0.143. The topological polar surface area (TPSA) is 136 Å². The Bertz CT molecular complexity index is 1920. The number of halogens is 2. The Balaban J connectivity index is 0.000000186. The van der Waals surface area contributed by atoms with Crippen LogP contribution in [0.3, 0.4) is 0 Å². The van der Waals surface area contributed by atoms with Gasteiger partial charge in [-0.15, -0.1) is 0 Å². The molecule has 6 aromatic rings. The van der Waals surface area contributed by atoms with E-state index in [1.165, 1.54) is 6.92 Å². The fourth-order valence-electron chi connectivity index (χ4n) is 3.99. The average Bonchev–Trinajstić information content (AvgIpc) is 3.64. The molecule has 2 aromatic heterocycles. The van der Waals surface area contributed by atoms with Gasteiger partial charge in [0.15, 0.2) is 11.2 Å². The van der Waals surface area contributed by atoms with Gasteiger partial charge in [-0.1, -0.05) is 23.2 Å². The van der Waals surface area contributed by atoms with Crippen molar-refractivity contribution >= 4 is 51.4 Å². The van der Waals surface area contributed by atoms with Crippen LogP contribution in [0.2, 0.25) is 10.0 Å². The number of carbonyl (C=O) groups excluding carboxylic acids is 1. The first-order valence-electron chi connectivity index (χ1n) is 14.4. The number of hydrogen-bond acceptors (Lipinski definition) is 11. The van der Waals surface area contributed by atoms with Crippen LogP contribution in [0.25, 0.3) is 22.2 Å². The Kier molecular flexibility index (Phi) is 11.0. The highest BCUT2D eigenvalue weighted by atomic mass is 35.5. The van der Waals surface area contributed by atoms with Crippen LogP contribution in [0.4, 0.5) is 0 Å². The lowest BCUT2D eigenvalue weighted by Crippen LogP contribution is -2.20. The number of ether oxygens (including phenoxy) is 5. The second-order valence-corrected chi connectivity index (χ2v) is 11.0. The highest BCUT2D eigenvalue weighted by Gasteiger charge is 2.11. The Labute approximate surface area is 279 Å². The van der Waals surface area contributed by atoms with E-state index in [2.05, 4.69) is 9.97 Å². The van der Waals surface area contributed by atoms with E-state index in [0.29, 0.717) is 55.2 Å². The zero-order valence-electron chi connectivity index (χ0n) is 25.5. The number of esters is 1. The minimum absolute atomic E-state index is 0.0380. The predicted octanol–water partition coefficient (Wildman–Crippen LogP) is 8.64. The summed E-state index contributed by atoms with van der Waals surface area (Å²) in [7, 11) is 0. The van der Waals surface area contributed by atoms with Crippen molar-refractivity contribution in [2.75, 3.05) is 13.2 Å². The third kappa shape index (κ3) is 9.76. The van der Waals surface area contributed by atoms with Gasteiger partial charge in [-0.2, -0.15) is 9.97 Å². The van der Waals surface area contributed by atoms with Gasteiger partial charge in [0.1, 0.15) is 52.8 Å². The van der Waals surface area contributed by atoms with Crippen LogP contribution in [0.5, 0.6) is 35.2 Å². The first-order valence-corrected chi connectivity index (χ1v) is 15.1. The quantitative estimate of drug-likeness (QED) is 0.132. The molecule has 1 N–H and O–H groups in total. The van der Waals surface area contributed by atoms with Crippen LogP contribution in [0.15, 0.2) is 93.8 Å². The van der Waals surface area contributed by atoms with Crippen LogP contribution < -0.4 is 18.9 Å². The summed E-state index contributed by atoms with van der Waals surface area (Å²) in [5.41, 5.74) is 2.47. The SMILES string of the molecule is CC(=O)OCC(C)Oc1ccc(Oc2nc3ccc(Cl)cc3o2)cc1.CC(CO)Oc1ccc(Oc2nc3ccc(Cl)cc3o2)cc1. The molecule has 0 bridgehead atoms. The Morgan fingerprint density at radius 2 is 1.13 bits per heavy atom. The van der Waals surface area contributed by atoms with Gasteiger partial charge in [0, 0.05) is 29.1 Å². The molecule has 6 rings (SSSR count). The highest BCUT2D eigenvalue weighted by molar-refractivity contribution is 6.31. The Morgan fingerprint density at radius 3 is 1.55 bits per heavy atom. The molecule has 11 nitrogen and oxygen atoms in total. The second kappa shape index (κ2) is 15.5. The molecule has 13 heteroatoms. The average molecular weight is 682 g/mol. The van der Waals surface area contributed by atoms with Crippen LogP contribution in [0, 0.1) is 0 Å². The molecule has 0 saturated carbocycles. The normalized spacial score (nSPS) is 12.1. The summed E-state index contributed by atoms with van der Waals surface area (Å²) >= 11 is 11.8. The fraction of sp³-hybridized carbons (Fsp3) is 0.206. The fourth-order valence-corrected chi connectivity index (χ4v) is 4.31. The third-order valence-electron chi connectivity index (χ3n) is 6.17. The van der Waals surface area contributed by atoms with E-state index in [-0.39, 0.29) is 43.5 Å². The maximum absolute atomic E-state index is 10.8. The number of fused-ring (bicyclic) bond motifs is 2. The molecular weight excluding hydrogens is 651 g/mol. The van der Waals surface area contributed by atoms with Gasteiger partial charge in [-0.25, -0.2) is 0 Å². The van der Waals surface area contributed by atoms with Crippen molar-refractivity contribution in [3.63, 3.8) is 0 Å². The Morgan fingerprint density at radius 1 is 0.702 bits per heavy atom. The summed E-state index contributed by atoms with van der Waals surface area (Å²) in [6.45, 7) is 5.12. The van der Waals surface area contributed by atoms with Crippen molar-refractivity contribution < 1.29 is 42.4 Å². The number of oxazole rings is 2. The van der Waals surface area contributed by atoms with Crippen LogP contribution >= 0.6 is 23.2 Å². The molecule has 0 aliphatic carbocycles. The molecule has 2 unspecified atom stereocenters. The second-order valence-electron chi connectivity index (χ2n) is 10.2. The molecule has 0 spiro atoms. The van der Waals surface area contributed by atoms with Crippen molar-refractivity contribution in [3.05, 3.63) is 95.0 Å². The van der Waals surface area contributed by atoms with Crippen molar-refractivity contribution in [1.82, 2.24) is 9.97 Å². The lowest BCUT2D eigenvalue weighted by atomic mass is 10.3. The van der Waals surface area contributed by atoms with Crippen LogP contribution in [0.1, 0.15) is 20.8 Å². The molecule has 0 amide bonds. The van der Waals surface area contributed by atoms with Crippen molar-refractivity contribution in [1.29, 1.82) is 0 Å². The minimum atomic E-state index is -0.334. The molecule has 2 atom stereocenters. The molecule has 2 heterocycles. The maximum Gasteiger partial charge on any atom is 0.400 e. The van der Waals surface area contributed by atoms with Crippen LogP contribution in [-0.2, 0) is 9.53 Å². The summed E-state index contributed by atoms with van der Waals surface area (Å²) in [5.74, 6) is 2.08. The summed E-state index contributed by atoms with van der Waals surface area (Å²) < 4.78 is 38.2. The Hall–Kier alpha value is -4.97. The number of aromatic nitrogens is 2. The zero-order valence-corrected chi connectivity index (χ0v) is 27.0. The number of nitrogens with zero attached hydrogens (tertiary/aromatic N) is 2. The number of benzene rings is 4. The van der Waals surface area contributed by atoms with Crippen molar-refractivity contribution in [3.8, 4) is 35.2 Å². The van der Waals surface area contributed by atoms with Gasteiger partial charge in [-0.05, 0) is 86.6 Å². The number of hydrogen-bond donors (Lipinski definition) is 1. The van der Waals surface area contributed by atoms with Gasteiger partial charge in [0.25, 0.3) is 0 Å².